The first-order chi connectivity index (χ1) is 10.1. The molecule has 0 fully saturated rings. The molecule has 0 bridgehead atoms. The Bertz CT molecular complexity index is 701. The van der Waals surface area contributed by atoms with E-state index in [1.807, 2.05) is 11.9 Å². The van der Waals surface area contributed by atoms with Crippen molar-refractivity contribution in [2.75, 3.05) is 18.5 Å². The van der Waals surface area contributed by atoms with Crippen LogP contribution in [0, 0.1) is 0 Å². The molecule has 2 heterocycles. The summed E-state index contributed by atoms with van der Waals surface area (Å²) in [6.07, 6.45) is 4.60. The lowest BCUT2D eigenvalue weighted by atomic mass is 9.97. The van der Waals surface area contributed by atoms with Gasteiger partial charge in [0.25, 0.3) is 0 Å². The monoisotopic (exact) mass is 325 g/mol. The lowest BCUT2D eigenvalue weighted by molar-refractivity contribution is -0.136. The summed E-state index contributed by atoms with van der Waals surface area (Å²) in [7, 11) is 1.86. The van der Waals surface area contributed by atoms with Crippen LogP contribution in [-0.2, 0) is 17.6 Å². The van der Waals surface area contributed by atoms with Crippen molar-refractivity contribution in [1.82, 2.24) is 9.97 Å². The highest BCUT2D eigenvalue weighted by Gasteiger charge is 2.22. The number of hydrogen-bond acceptors (Lipinski definition) is 5. The fourth-order valence-corrected chi connectivity index (χ4v) is 4.23. The lowest BCUT2D eigenvalue weighted by Crippen LogP contribution is -2.22. The number of carbonyl (C=O) groups is 1. The van der Waals surface area contributed by atoms with Gasteiger partial charge in [0.1, 0.15) is 10.6 Å². The fourth-order valence-electron chi connectivity index (χ4n) is 2.76. The average Bonchev–Trinajstić information content (AvgIpc) is 2.81. The summed E-state index contributed by atoms with van der Waals surface area (Å²) in [6, 6.07) is 0. The number of hydrogen-bond donors (Lipinski definition) is 1. The molecular weight excluding hydrogens is 310 g/mol. The van der Waals surface area contributed by atoms with E-state index in [2.05, 4.69) is 9.97 Å². The van der Waals surface area contributed by atoms with Gasteiger partial charge < -0.3 is 10.0 Å². The van der Waals surface area contributed by atoms with Crippen molar-refractivity contribution < 1.29 is 9.90 Å². The topological polar surface area (TPSA) is 66.3 Å². The Balaban J connectivity index is 2.07. The number of fused-ring (bicyclic) bond motifs is 3. The van der Waals surface area contributed by atoms with Crippen LogP contribution >= 0.6 is 22.9 Å². The van der Waals surface area contributed by atoms with Crippen LogP contribution in [0.25, 0.3) is 10.2 Å². The first-order valence-corrected chi connectivity index (χ1v) is 8.16. The number of aliphatic carboxylic acids is 1. The van der Waals surface area contributed by atoms with Crippen LogP contribution in [0.3, 0.4) is 0 Å². The molecule has 2 aromatic heterocycles. The Morgan fingerprint density at radius 1 is 1.38 bits per heavy atom. The molecule has 0 saturated carbocycles. The summed E-state index contributed by atoms with van der Waals surface area (Å²) in [5.41, 5.74) is 1.33. The van der Waals surface area contributed by atoms with E-state index >= 15 is 0 Å². The Morgan fingerprint density at radius 2 is 2.14 bits per heavy atom. The minimum absolute atomic E-state index is 0.0753. The third kappa shape index (κ3) is 2.82. The molecule has 0 saturated heterocycles. The van der Waals surface area contributed by atoms with E-state index in [0.29, 0.717) is 6.54 Å². The molecule has 1 aliphatic rings. The highest BCUT2D eigenvalue weighted by Crippen LogP contribution is 2.39. The summed E-state index contributed by atoms with van der Waals surface area (Å²) in [5, 5.41) is 10.1. The molecule has 112 valence electrons. The smallest absolute Gasteiger partial charge is 0.305 e. The van der Waals surface area contributed by atoms with E-state index in [0.717, 1.165) is 28.9 Å². The third-order valence-electron chi connectivity index (χ3n) is 3.79. The van der Waals surface area contributed by atoms with Crippen LogP contribution in [0.1, 0.15) is 29.7 Å². The number of rotatable bonds is 4. The van der Waals surface area contributed by atoms with Crippen molar-refractivity contribution in [3.63, 3.8) is 0 Å². The van der Waals surface area contributed by atoms with Crippen LogP contribution in [-0.4, -0.2) is 34.6 Å². The van der Waals surface area contributed by atoms with Gasteiger partial charge in [0.05, 0.1) is 11.8 Å². The van der Waals surface area contributed by atoms with Gasteiger partial charge in [-0.2, -0.15) is 4.98 Å². The highest BCUT2D eigenvalue weighted by atomic mass is 35.5. The van der Waals surface area contributed by atoms with Gasteiger partial charge in [0, 0.05) is 18.5 Å². The Morgan fingerprint density at radius 3 is 2.90 bits per heavy atom. The molecule has 5 nitrogen and oxygen atoms in total. The zero-order valence-electron chi connectivity index (χ0n) is 11.7. The maximum atomic E-state index is 10.8. The van der Waals surface area contributed by atoms with Gasteiger partial charge in [0.15, 0.2) is 0 Å². The molecule has 0 amide bonds. The Hall–Kier alpha value is -1.40. The zero-order valence-corrected chi connectivity index (χ0v) is 13.3. The second-order valence-corrected chi connectivity index (χ2v) is 6.69. The number of thiophene rings is 1. The summed E-state index contributed by atoms with van der Waals surface area (Å²) >= 11 is 7.73. The number of anilines is 1. The molecule has 0 aromatic carbocycles. The predicted molar refractivity (Wildman–Crippen MR) is 84.6 cm³/mol. The van der Waals surface area contributed by atoms with Gasteiger partial charge in [-0.05, 0) is 42.8 Å². The van der Waals surface area contributed by atoms with E-state index in [9.17, 15) is 4.79 Å². The van der Waals surface area contributed by atoms with Gasteiger partial charge in [-0.15, -0.1) is 11.3 Å². The second-order valence-electron chi connectivity index (χ2n) is 5.27. The summed E-state index contributed by atoms with van der Waals surface area (Å²) in [5.74, 6) is -0.0590. The van der Waals surface area contributed by atoms with Gasteiger partial charge >= 0.3 is 5.97 Å². The number of carboxylic acid groups (broad SMARTS) is 1. The number of halogens is 1. The van der Waals surface area contributed by atoms with Gasteiger partial charge in [-0.25, -0.2) is 4.98 Å². The first kappa shape index (κ1) is 14.5. The molecule has 0 atom stereocenters. The van der Waals surface area contributed by atoms with Crippen molar-refractivity contribution >= 4 is 44.9 Å². The molecule has 0 spiro atoms. The number of nitrogens with zero attached hydrogens (tertiary/aromatic N) is 3. The SMILES string of the molecule is CN(CCC(=O)O)c1nc(Cl)nc2sc3c(c12)CCCC3. The average molecular weight is 326 g/mol. The van der Waals surface area contributed by atoms with Crippen LogP contribution < -0.4 is 4.90 Å². The van der Waals surface area contributed by atoms with Gasteiger partial charge in [-0.1, -0.05) is 0 Å². The highest BCUT2D eigenvalue weighted by molar-refractivity contribution is 7.19. The first-order valence-electron chi connectivity index (χ1n) is 6.97. The molecule has 1 aliphatic carbocycles. The van der Waals surface area contributed by atoms with E-state index in [-0.39, 0.29) is 11.7 Å². The van der Waals surface area contributed by atoms with E-state index < -0.39 is 5.97 Å². The molecule has 0 aliphatic heterocycles. The molecular formula is C14H16ClN3O2S. The number of aromatic nitrogens is 2. The van der Waals surface area contributed by atoms with E-state index in [1.54, 1.807) is 11.3 Å². The summed E-state index contributed by atoms with van der Waals surface area (Å²) in [6.45, 7) is 0.405. The van der Waals surface area contributed by atoms with Crippen molar-refractivity contribution in [3.05, 3.63) is 15.7 Å². The van der Waals surface area contributed by atoms with Crippen molar-refractivity contribution in [2.24, 2.45) is 0 Å². The summed E-state index contributed by atoms with van der Waals surface area (Å²) < 4.78 is 0. The second kappa shape index (κ2) is 5.77. The molecule has 2 aromatic rings. The normalized spacial score (nSPS) is 14.2. The van der Waals surface area contributed by atoms with Crippen LogP contribution in [0.4, 0.5) is 5.82 Å². The van der Waals surface area contributed by atoms with E-state index in [1.165, 1.54) is 23.3 Å². The zero-order chi connectivity index (χ0) is 15.0. The number of carboxylic acids is 1. The quantitative estimate of drug-likeness (QED) is 0.875. The standard InChI is InChI=1S/C14H16ClN3O2S/c1-18(7-6-10(19)20)12-11-8-4-2-3-5-9(8)21-13(11)17-14(15)16-12/h2-7H2,1H3,(H,19,20). The van der Waals surface area contributed by atoms with Gasteiger partial charge in [-0.3, -0.25) is 4.79 Å². The molecule has 0 radical (unpaired) electrons. The molecule has 0 unspecified atom stereocenters. The van der Waals surface area contributed by atoms with Crippen LogP contribution in [0.5, 0.6) is 0 Å². The minimum Gasteiger partial charge on any atom is -0.481 e. The maximum Gasteiger partial charge on any atom is 0.305 e. The summed E-state index contributed by atoms with van der Waals surface area (Å²) in [4.78, 5) is 23.6. The Kier molecular flexibility index (Phi) is 3.99. The van der Waals surface area contributed by atoms with E-state index in [4.69, 9.17) is 16.7 Å². The van der Waals surface area contributed by atoms with Gasteiger partial charge in [0.2, 0.25) is 5.28 Å². The van der Waals surface area contributed by atoms with Crippen molar-refractivity contribution in [3.8, 4) is 0 Å². The molecule has 7 heteroatoms. The van der Waals surface area contributed by atoms with Crippen LogP contribution in [0.2, 0.25) is 5.28 Å². The van der Waals surface area contributed by atoms with Crippen molar-refractivity contribution in [1.29, 1.82) is 0 Å². The predicted octanol–water partition coefficient (Wildman–Crippen LogP) is 3.13. The maximum absolute atomic E-state index is 10.8. The third-order valence-corrected chi connectivity index (χ3v) is 5.15. The lowest BCUT2D eigenvalue weighted by Gasteiger charge is -2.19. The van der Waals surface area contributed by atoms with Crippen LogP contribution in [0.15, 0.2) is 0 Å². The molecule has 1 N–H and O–H groups in total. The fraction of sp³-hybridized carbons (Fsp3) is 0.500. The Labute approximate surface area is 131 Å². The minimum atomic E-state index is -0.814. The molecule has 21 heavy (non-hydrogen) atoms. The largest absolute Gasteiger partial charge is 0.481 e. The van der Waals surface area contributed by atoms with Crippen molar-refractivity contribution in [2.45, 2.75) is 32.1 Å². The number of aryl methyl sites for hydroxylation is 2. The molecule has 3 rings (SSSR count).